The molecule has 9 heteroatoms. The number of hydrogen-bond acceptors (Lipinski definition) is 6. The summed E-state index contributed by atoms with van der Waals surface area (Å²) >= 11 is 0. The highest BCUT2D eigenvalue weighted by Gasteiger charge is 2.28. The van der Waals surface area contributed by atoms with E-state index in [0.717, 1.165) is 5.39 Å². The Morgan fingerprint density at radius 1 is 1.00 bits per heavy atom. The van der Waals surface area contributed by atoms with E-state index in [9.17, 15) is 13.2 Å². The van der Waals surface area contributed by atoms with Gasteiger partial charge in [0, 0.05) is 31.6 Å². The smallest absolute Gasteiger partial charge is 0.275 e. The lowest BCUT2D eigenvalue weighted by Crippen LogP contribution is -2.49. The third-order valence-corrected chi connectivity index (χ3v) is 7.11. The SMILES string of the molecule is CCOc1ccc(S(=O)(=O)N2CCN(Cn3ncc4ccccc4c3=O)CC2)cc1. The lowest BCUT2D eigenvalue weighted by Gasteiger charge is -2.33. The van der Waals surface area contributed by atoms with Crippen LogP contribution < -0.4 is 10.3 Å². The summed E-state index contributed by atoms with van der Waals surface area (Å²) in [5.74, 6) is 0.648. The number of aromatic nitrogens is 2. The number of fused-ring (bicyclic) bond motifs is 1. The molecule has 0 radical (unpaired) electrons. The van der Waals surface area contributed by atoms with Crippen LogP contribution in [-0.2, 0) is 16.7 Å². The molecule has 3 aromatic rings. The van der Waals surface area contributed by atoms with Crippen LogP contribution in [0.2, 0.25) is 0 Å². The Bertz CT molecular complexity index is 1180. The Morgan fingerprint density at radius 2 is 1.70 bits per heavy atom. The van der Waals surface area contributed by atoms with Gasteiger partial charge in [-0.15, -0.1) is 0 Å². The van der Waals surface area contributed by atoms with Gasteiger partial charge in [-0.05, 0) is 37.3 Å². The van der Waals surface area contributed by atoms with E-state index in [0.29, 0.717) is 50.6 Å². The van der Waals surface area contributed by atoms with Crippen molar-refractivity contribution in [2.45, 2.75) is 18.5 Å². The highest BCUT2D eigenvalue weighted by Crippen LogP contribution is 2.21. The number of ether oxygens (including phenoxy) is 1. The van der Waals surface area contributed by atoms with Crippen molar-refractivity contribution >= 4 is 20.8 Å². The third kappa shape index (κ3) is 4.09. The Kier molecular flexibility index (Phi) is 5.85. The van der Waals surface area contributed by atoms with E-state index in [2.05, 4.69) is 5.10 Å². The van der Waals surface area contributed by atoms with Gasteiger partial charge in [0.05, 0.1) is 29.8 Å². The maximum atomic E-state index is 12.9. The molecule has 0 atom stereocenters. The fourth-order valence-corrected chi connectivity index (χ4v) is 4.97. The molecule has 0 spiro atoms. The first-order valence-electron chi connectivity index (χ1n) is 9.89. The van der Waals surface area contributed by atoms with Crippen LogP contribution in [-0.4, -0.2) is 60.2 Å². The van der Waals surface area contributed by atoms with Gasteiger partial charge in [-0.1, -0.05) is 18.2 Å². The van der Waals surface area contributed by atoms with Gasteiger partial charge in [0.25, 0.3) is 5.56 Å². The van der Waals surface area contributed by atoms with Crippen molar-refractivity contribution in [3.63, 3.8) is 0 Å². The van der Waals surface area contributed by atoms with Crippen molar-refractivity contribution in [3.05, 3.63) is 65.1 Å². The largest absolute Gasteiger partial charge is 0.494 e. The molecule has 1 saturated heterocycles. The maximum absolute atomic E-state index is 12.9. The van der Waals surface area contributed by atoms with Crippen LogP contribution in [0.4, 0.5) is 0 Å². The van der Waals surface area contributed by atoms with Gasteiger partial charge in [-0.3, -0.25) is 9.69 Å². The fourth-order valence-electron chi connectivity index (χ4n) is 3.55. The van der Waals surface area contributed by atoms with Crippen molar-refractivity contribution in [1.82, 2.24) is 19.0 Å². The molecule has 4 rings (SSSR count). The number of piperazine rings is 1. The zero-order valence-corrected chi connectivity index (χ0v) is 17.6. The van der Waals surface area contributed by atoms with Crippen molar-refractivity contribution < 1.29 is 13.2 Å². The summed E-state index contributed by atoms with van der Waals surface area (Å²) in [5, 5.41) is 5.70. The minimum atomic E-state index is -3.56. The summed E-state index contributed by atoms with van der Waals surface area (Å²) in [6.45, 7) is 4.51. The second-order valence-corrected chi connectivity index (χ2v) is 9.04. The molecule has 158 valence electrons. The zero-order chi connectivity index (χ0) is 21.1. The highest BCUT2D eigenvalue weighted by molar-refractivity contribution is 7.89. The van der Waals surface area contributed by atoms with E-state index < -0.39 is 10.0 Å². The standard InChI is InChI=1S/C21H24N4O4S/c1-2-29-18-7-9-19(10-8-18)30(27,28)24-13-11-23(12-14-24)16-25-21(26)20-6-4-3-5-17(20)15-22-25/h3-10,15H,2,11-14,16H2,1H3. The van der Waals surface area contributed by atoms with Gasteiger partial charge in [0.1, 0.15) is 5.75 Å². The number of hydrogen-bond donors (Lipinski definition) is 0. The molecule has 30 heavy (non-hydrogen) atoms. The molecule has 1 aliphatic heterocycles. The van der Waals surface area contributed by atoms with Crippen LogP contribution in [0.3, 0.4) is 0 Å². The van der Waals surface area contributed by atoms with Crippen LogP contribution >= 0.6 is 0 Å². The summed E-state index contributed by atoms with van der Waals surface area (Å²) in [7, 11) is -3.56. The molecular weight excluding hydrogens is 404 g/mol. The fraction of sp³-hybridized carbons (Fsp3) is 0.333. The molecule has 1 aromatic heterocycles. The van der Waals surface area contributed by atoms with Crippen LogP contribution in [0.1, 0.15) is 6.92 Å². The number of nitrogens with zero attached hydrogens (tertiary/aromatic N) is 4. The Morgan fingerprint density at radius 3 is 2.40 bits per heavy atom. The number of sulfonamides is 1. The molecule has 1 aliphatic rings. The minimum Gasteiger partial charge on any atom is -0.494 e. The van der Waals surface area contributed by atoms with Crippen molar-refractivity contribution in [3.8, 4) is 5.75 Å². The molecule has 8 nitrogen and oxygen atoms in total. The third-order valence-electron chi connectivity index (χ3n) is 5.20. The average Bonchev–Trinajstić information content (AvgIpc) is 2.77. The van der Waals surface area contributed by atoms with E-state index in [1.807, 2.05) is 30.0 Å². The van der Waals surface area contributed by atoms with E-state index >= 15 is 0 Å². The summed E-state index contributed by atoms with van der Waals surface area (Å²) in [5.41, 5.74) is -0.141. The quantitative estimate of drug-likeness (QED) is 0.595. The predicted octanol–water partition coefficient (Wildman–Crippen LogP) is 1.76. The van der Waals surface area contributed by atoms with Crippen LogP contribution in [0.25, 0.3) is 10.8 Å². The number of rotatable bonds is 6. The molecule has 1 fully saturated rings. The van der Waals surface area contributed by atoms with Crippen molar-refractivity contribution in [2.24, 2.45) is 0 Å². The highest BCUT2D eigenvalue weighted by atomic mass is 32.2. The molecule has 0 bridgehead atoms. The van der Waals surface area contributed by atoms with E-state index in [-0.39, 0.29) is 10.5 Å². The lowest BCUT2D eigenvalue weighted by atomic mass is 10.2. The zero-order valence-electron chi connectivity index (χ0n) is 16.8. The first-order chi connectivity index (χ1) is 14.5. The monoisotopic (exact) mass is 428 g/mol. The predicted molar refractivity (Wildman–Crippen MR) is 114 cm³/mol. The molecule has 2 aromatic carbocycles. The molecule has 0 aliphatic carbocycles. The van der Waals surface area contributed by atoms with Crippen molar-refractivity contribution in [1.29, 1.82) is 0 Å². The molecular formula is C21H24N4O4S. The van der Waals surface area contributed by atoms with Crippen LogP contribution in [0.15, 0.2) is 64.4 Å². The normalized spacial score (nSPS) is 16.0. The van der Waals surface area contributed by atoms with Crippen molar-refractivity contribution in [2.75, 3.05) is 32.8 Å². The van der Waals surface area contributed by atoms with Crippen LogP contribution in [0, 0.1) is 0 Å². The maximum Gasteiger partial charge on any atom is 0.275 e. The Hall–Kier alpha value is -2.75. The lowest BCUT2D eigenvalue weighted by molar-refractivity contribution is 0.143. The second kappa shape index (κ2) is 8.55. The summed E-state index contributed by atoms with van der Waals surface area (Å²) < 4.78 is 34.1. The first kappa shape index (κ1) is 20.5. The van der Waals surface area contributed by atoms with Gasteiger partial charge in [-0.2, -0.15) is 9.40 Å². The van der Waals surface area contributed by atoms with Gasteiger partial charge in [0.15, 0.2) is 0 Å². The van der Waals surface area contributed by atoms with E-state index in [4.69, 9.17) is 4.74 Å². The molecule has 0 saturated carbocycles. The summed E-state index contributed by atoms with van der Waals surface area (Å²) in [4.78, 5) is 14.9. The summed E-state index contributed by atoms with van der Waals surface area (Å²) in [6.07, 6.45) is 1.68. The molecule has 0 unspecified atom stereocenters. The molecule has 0 N–H and O–H groups in total. The number of benzene rings is 2. The van der Waals surface area contributed by atoms with Gasteiger partial charge >= 0.3 is 0 Å². The van der Waals surface area contributed by atoms with E-state index in [1.165, 1.54) is 8.99 Å². The molecule has 2 heterocycles. The second-order valence-electron chi connectivity index (χ2n) is 7.10. The average molecular weight is 429 g/mol. The summed E-state index contributed by atoms with van der Waals surface area (Å²) in [6, 6.07) is 13.8. The van der Waals surface area contributed by atoms with E-state index in [1.54, 1.807) is 36.5 Å². The van der Waals surface area contributed by atoms with Gasteiger partial charge < -0.3 is 4.74 Å². The topological polar surface area (TPSA) is 84.7 Å². The van der Waals surface area contributed by atoms with Gasteiger partial charge in [-0.25, -0.2) is 13.1 Å². The van der Waals surface area contributed by atoms with Crippen LogP contribution in [0.5, 0.6) is 5.75 Å². The minimum absolute atomic E-state index is 0.141. The Labute approximate surface area is 175 Å². The van der Waals surface area contributed by atoms with Gasteiger partial charge in [0.2, 0.25) is 10.0 Å². The molecule has 0 amide bonds. The first-order valence-corrected chi connectivity index (χ1v) is 11.3. The Balaban J connectivity index is 1.42.